The van der Waals surface area contributed by atoms with Crippen molar-refractivity contribution < 1.29 is 4.74 Å². The molecule has 3 saturated heterocycles. The molecule has 1 aromatic rings. The first-order chi connectivity index (χ1) is 13.3. The molecule has 5 heteroatoms. The minimum atomic E-state index is 0.515. The third-order valence-electron chi connectivity index (χ3n) is 6.97. The fraction of sp³-hybridized carbons (Fsp3) is 0.682. The Morgan fingerprint density at radius 3 is 2.63 bits per heavy atom. The highest BCUT2D eigenvalue weighted by Crippen LogP contribution is 2.47. The number of fused-ring (bicyclic) bond motifs is 6. The number of hydrogen-bond acceptors (Lipinski definition) is 3. The minimum Gasteiger partial charge on any atom is -0.374 e. The van der Waals surface area contributed by atoms with Crippen molar-refractivity contribution in [3.63, 3.8) is 0 Å². The summed E-state index contributed by atoms with van der Waals surface area (Å²) in [4.78, 5) is 10.0. The highest BCUT2D eigenvalue weighted by molar-refractivity contribution is 5.80. The van der Waals surface area contributed by atoms with Crippen molar-refractivity contribution in [1.82, 2.24) is 15.1 Å². The largest absolute Gasteiger partial charge is 0.374 e. The first kappa shape index (κ1) is 17.5. The van der Waals surface area contributed by atoms with Gasteiger partial charge in [0.15, 0.2) is 5.96 Å². The molecule has 0 aliphatic carbocycles. The fourth-order valence-corrected chi connectivity index (χ4v) is 5.60. The molecule has 4 atom stereocenters. The van der Waals surface area contributed by atoms with Crippen LogP contribution in [0.25, 0.3) is 0 Å². The average Bonchev–Trinajstić information content (AvgIpc) is 3.40. The zero-order valence-corrected chi connectivity index (χ0v) is 16.4. The lowest BCUT2D eigenvalue weighted by Gasteiger charge is -2.28. The Bertz CT molecular complexity index is 687. The van der Waals surface area contributed by atoms with Crippen LogP contribution in [0.5, 0.6) is 0 Å². The molecule has 2 bridgehead atoms. The average molecular weight is 369 g/mol. The van der Waals surface area contributed by atoms with Crippen LogP contribution in [0.3, 0.4) is 0 Å². The molecule has 27 heavy (non-hydrogen) atoms. The van der Waals surface area contributed by atoms with E-state index in [0.29, 0.717) is 12.2 Å². The quantitative estimate of drug-likeness (QED) is 0.653. The molecule has 0 spiro atoms. The van der Waals surface area contributed by atoms with Gasteiger partial charge in [-0.15, -0.1) is 0 Å². The monoisotopic (exact) mass is 368 g/mol. The first-order valence-corrected chi connectivity index (χ1v) is 10.8. The van der Waals surface area contributed by atoms with E-state index >= 15 is 0 Å². The lowest BCUT2D eigenvalue weighted by Crippen LogP contribution is -2.42. The van der Waals surface area contributed by atoms with Gasteiger partial charge in [-0.2, -0.15) is 0 Å². The molecule has 4 aliphatic rings. The summed E-state index contributed by atoms with van der Waals surface area (Å²) in [6.07, 6.45) is 4.73. The van der Waals surface area contributed by atoms with Gasteiger partial charge in [0.25, 0.3) is 0 Å². The minimum absolute atomic E-state index is 0.515. The van der Waals surface area contributed by atoms with Crippen LogP contribution in [0, 0.1) is 11.8 Å². The molecule has 146 valence electrons. The van der Waals surface area contributed by atoms with Gasteiger partial charge in [-0.3, -0.25) is 9.89 Å². The van der Waals surface area contributed by atoms with Gasteiger partial charge in [0, 0.05) is 51.1 Å². The topological polar surface area (TPSA) is 40.1 Å². The number of nitrogens with zero attached hydrogens (tertiary/aromatic N) is 3. The summed E-state index contributed by atoms with van der Waals surface area (Å²) >= 11 is 0. The number of rotatable bonds is 4. The fourth-order valence-electron chi connectivity index (χ4n) is 5.60. The van der Waals surface area contributed by atoms with E-state index in [-0.39, 0.29) is 0 Å². The highest BCUT2D eigenvalue weighted by Gasteiger charge is 2.53. The van der Waals surface area contributed by atoms with E-state index in [4.69, 9.17) is 9.73 Å². The maximum atomic E-state index is 6.12. The van der Waals surface area contributed by atoms with Crippen LogP contribution < -0.4 is 5.32 Å². The molecule has 0 saturated carbocycles. The highest BCUT2D eigenvalue weighted by atomic mass is 16.5. The molecule has 0 radical (unpaired) electrons. The molecule has 1 aromatic carbocycles. The Balaban J connectivity index is 1.18. The van der Waals surface area contributed by atoms with E-state index in [1.165, 1.54) is 24.0 Å². The lowest BCUT2D eigenvalue weighted by molar-refractivity contribution is 0.0767. The maximum Gasteiger partial charge on any atom is 0.193 e. The van der Waals surface area contributed by atoms with Gasteiger partial charge in [0.1, 0.15) is 0 Å². The van der Waals surface area contributed by atoms with Gasteiger partial charge in [-0.25, -0.2) is 0 Å². The molecule has 0 amide bonds. The zero-order valence-electron chi connectivity index (χ0n) is 16.4. The number of aliphatic imine (C=N–C) groups is 1. The van der Waals surface area contributed by atoms with Gasteiger partial charge >= 0.3 is 0 Å². The Hall–Kier alpha value is -1.59. The number of nitrogens with one attached hydrogen (secondary N) is 1. The van der Waals surface area contributed by atoms with Gasteiger partial charge in [0.05, 0.1) is 18.8 Å². The molecule has 3 fully saturated rings. The number of ether oxygens (including phenoxy) is 1. The summed E-state index contributed by atoms with van der Waals surface area (Å²) < 4.78 is 6.12. The summed E-state index contributed by atoms with van der Waals surface area (Å²) in [5, 5.41) is 3.53. The normalized spacial score (nSPS) is 32.6. The van der Waals surface area contributed by atoms with Crippen molar-refractivity contribution in [2.75, 3.05) is 39.3 Å². The van der Waals surface area contributed by atoms with Crippen molar-refractivity contribution in [2.45, 2.75) is 44.9 Å². The van der Waals surface area contributed by atoms with Crippen molar-refractivity contribution >= 4 is 5.96 Å². The SMILES string of the molecule is CCNC(=NCCN1CCc2ccccc2C1)N1CC2C3CCC(O3)C2C1. The zero-order chi connectivity index (χ0) is 18.2. The third kappa shape index (κ3) is 3.36. The number of guanidine groups is 1. The summed E-state index contributed by atoms with van der Waals surface area (Å²) in [5.41, 5.74) is 3.01. The van der Waals surface area contributed by atoms with Crippen molar-refractivity contribution in [3.05, 3.63) is 35.4 Å². The summed E-state index contributed by atoms with van der Waals surface area (Å²) in [6, 6.07) is 8.86. The van der Waals surface area contributed by atoms with E-state index in [2.05, 4.69) is 46.3 Å². The van der Waals surface area contributed by atoms with Gasteiger partial charge in [-0.1, -0.05) is 24.3 Å². The summed E-state index contributed by atoms with van der Waals surface area (Å²) in [6.45, 7) is 9.47. The third-order valence-corrected chi connectivity index (χ3v) is 6.97. The standard InChI is InChI=1S/C22H32N4O/c1-2-23-22(26-14-18-19(15-26)21-8-7-20(18)27-21)24-10-12-25-11-9-16-5-3-4-6-17(16)13-25/h3-6,18-21H,2,7-15H2,1H3,(H,23,24). The molecule has 4 heterocycles. The van der Waals surface area contributed by atoms with E-state index in [1.54, 1.807) is 0 Å². The predicted octanol–water partition coefficient (Wildman–Crippen LogP) is 2.12. The Labute approximate surface area is 162 Å². The predicted molar refractivity (Wildman–Crippen MR) is 108 cm³/mol. The number of hydrogen-bond donors (Lipinski definition) is 1. The molecule has 4 aliphatic heterocycles. The van der Waals surface area contributed by atoms with Crippen molar-refractivity contribution in [3.8, 4) is 0 Å². The van der Waals surface area contributed by atoms with Crippen LogP contribution in [0.2, 0.25) is 0 Å². The van der Waals surface area contributed by atoms with Gasteiger partial charge in [-0.05, 0) is 37.3 Å². The second-order valence-electron chi connectivity index (χ2n) is 8.55. The molecule has 4 unspecified atom stereocenters. The Morgan fingerprint density at radius 2 is 1.89 bits per heavy atom. The summed E-state index contributed by atoms with van der Waals surface area (Å²) in [7, 11) is 0. The van der Waals surface area contributed by atoms with Crippen LogP contribution in [-0.4, -0.2) is 67.2 Å². The number of benzene rings is 1. The van der Waals surface area contributed by atoms with E-state index in [1.807, 2.05) is 0 Å². The van der Waals surface area contributed by atoms with Crippen LogP contribution in [0.4, 0.5) is 0 Å². The van der Waals surface area contributed by atoms with E-state index < -0.39 is 0 Å². The van der Waals surface area contributed by atoms with Crippen LogP contribution in [-0.2, 0) is 17.7 Å². The molecule has 1 N–H and O–H groups in total. The van der Waals surface area contributed by atoms with Gasteiger partial charge in [0.2, 0.25) is 0 Å². The maximum absolute atomic E-state index is 6.12. The first-order valence-electron chi connectivity index (χ1n) is 10.8. The smallest absolute Gasteiger partial charge is 0.193 e. The molecular weight excluding hydrogens is 336 g/mol. The Kier molecular flexibility index (Phi) is 4.82. The Morgan fingerprint density at radius 1 is 1.15 bits per heavy atom. The van der Waals surface area contributed by atoms with Crippen LogP contribution >= 0.6 is 0 Å². The summed E-state index contributed by atoms with van der Waals surface area (Å²) in [5.74, 6) is 2.57. The molecular formula is C22H32N4O. The van der Waals surface area contributed by atoms with Crippen molar-refractivity contribution in [2.24, 2.45) is 16.8 Å². The van der Waals surface area contributed by atoms with E-state index in [9.17, 15) is 0 Å². The molecule has 5 nitrogen and oxygen atoms in total. The van der Waals surface area contributed by atoms with Crippen molar-refractivity contribution in [1.29, 1.82) is 0 Å². The number of likely N-dealkylation sites (tertiary alicyclic amines) is 1. The van der Waals surface area contributed by atoms with Crippen LogP contribution in [0.15, 0.2) is 29.3 Å². The molecule has 5 rings (SSSR count). The second-order valence-corrected chi connectivity index (χ2v) is 8.55. The molecule has 0 aromatic heterocycles. The lowest BCUT2D eigenvalue weighted by atomic mass is 9.82. The van der Waals surface area contributed by atoms with Crippen LogP contribution in [0.1, 0.15) is 30.9 Å². The van der Waals surface area contributed by atoms with E-state index in [0.717, 1.165) is 70.0 Å². The van der Waals surface area contributed by atoms with Gasteiger partial charge < -0.3 is 15.0 Å². The second kappa shape index (κ2) is 7.44.